The summed E-state index contributed by atoms with van der Waals surface area (Å²) in [6, 6.07) is 0. The van der Waals surface area contributed by atoms with Crippen molar-refractivity contribution < 1.29 is 8.42 Å². The first-order valence-corrected chi connectivity index (χ1v) is 6.40. The predicted molar refractivity (Wildman–Crippen MR) is 55.6 cm³/mol. The van der Waals surface area contributed by atoms with Crippen LogP contribution in [-0.2, 0) is 10.0 Å². The second-order valence-electron chi connectivity index (χ2n) is 2.00. The van der Waals surface area contributed by atoms with Gasteiger partial charge < -0.3 is 0 Å². The van der Waals surface area contributed by atoms with Crippen molar-refractivity contribution in [1.82, 2.24) is 4.72 Å². The molecule has 0 aliphatic carbocycles. The normalized spacial score (nSPS) is 12.0. The summed E-state index contributed by atoms with van der Waals surface area (Å²) in [6.07, 6.45) is 0. The van der Waals surface area contributed by atoms with E-state index < -0.39 is 10.0 Å². The maximum atomic E-state index is 11.3. The molecule has 0 spiro atoms. The Bertz CT molecular complexity index is 425. The third kappa shape index (κ3) is 2.11. The molecule has 0 unspecified atom stereocenters. The topological polar surface area (TPSA) is 46.2 Å². The van der Waals surface area contributed by atoms with Crippen molar-refractivity contribution in [3.63, 3.8) is 0 Å². The quantitative estimate of drug-likeness (QED) is 0.905. The van der Waals surface area contributed by atoms with Crippen LogP contribution < -0.4 is 4.72 Å². The van der Waals surface area contributed by atoms with Crippen LogP contribution in [0.5, 0.6) is 0 Å². The van der Waals surface area contributed by atoms with E-state index >= 15 is 0 Å². The van der Waals surface area contributed by atoms with Gasteiger partial charge in [-0.2, -0.15) is 0 Å². The van der Waals surface area contributed by atoms with Gasteiger partial charge in [0.2, 0.25) is 10.0 Å². The van der Waals surface area contributed by atoms with E-state index in [1.807, 2.05) is 0 Å². The van der Waals surface area contributed by atoms with Crippen LogP contribution in [0.25, 0.3) is 0 Å². The van der Waals surface area contributed by atoms with E-state index in [-0.39, 0.29) is 18.6 Å². The lowest BCUT2D eigenvalue weighted by molar-refractivity contribution is 0.589. The van der Waals surface area contributed by atoms with Crippen LogP contribution in [0, 0.1) is 0 Å². The third-order valence-corrected chi connectivity index (χ3v) is 5.30. The lowest BCUT2D eigenvalue weighted by Crippen LogP contribution is -2.18. The number of nitrogens with one attached hydrogen (secondary N) is 1. The van der Waals surface area contributed by atoms with Gasteiger partial charge in [-0.25, -0.2) is 13.1 Å². The first-order chi connectivity index (χ1) is 5.90. The number of hydrogen-bond donors (Lipinski definition) is 1. The lowest BCUT2D eigenvalue weighted by atomic mass is 10.6. The molecule has 0 radical (unpaired) electrons. The van der Waals surface area contributed by atoms with E-state index in [0.29, 0.717) is 0 Å². The molecule has 0 aromatic carbocycles. The van der Waals surface area contributed by atoms with Crippen LogP contribution in [0.15, 0.2) is 4.90 Å². The zero-order chi connectivity index (χ0) is 10.2. The molecule has 0 bridgehead atoms. The zero-order valence-electron chi connectivity index (χ0n) is 6.27. The van der Waals surface area contributed by atoms with Crippen molar-refractivity contribution >= 4 is 56.2 Å². The molecule has 0 saturated carbocycles. The van der Waals surface area contributed by atoms with E-state index in [1.54, 1.807) is 0 Å². The second kappa shape index (κ2) is 3.92. The van der Waals surface area contributed by atoms with Gasteiger partial charge in [0.15, 0.2) is 0 Å². The van der Waals surface area contributed by atoms with Crippen molar-refractivity contribution in [2.45, 2.75) is 4.90 Å². The number of thiophene rings is 1. The fraction of sp³-hybridized carbons (Fsp3) is 0.200. The Labute approximate surface area is 94.7 Å². The Balaban J connectivity index is 3.47. The number of halogens is 3. The van der Waals surface area contributed by atoms with Gasteiger partial charge in [-0.15, -0.1) is 11.3 Å². The minimum atomic E-state index is -3.63. The van der Waals surface area contributed by atoms with Gasteiger partial charge in [0.05, 0.1) is 5.02 Å². The van der Waals surface area contributed by atoms with Crippen LogP contribution in [0.3, 0.4) is 0 Å². The fourth-order valence-electron chi connectivity index (χ4n) is 0.671. The van der Waals surface area contributed by atoms with E-state index in [9.17, 15) is 8.42 Å². The van der Waals surface area contributed by atoms with E-state index in [0.717, 1.165) is 11.3 Å². The molecule has 1 heterocycles. The number of hydrogen-bond acceptors (Lipinski definition) is 3. The monoisotopic (exact) mass is 279 g/mol. The van der Waals surface area contributed by atoms with Gasteiger partial charge in [-0.1, -0.05) is 34.8 Å². The Morgan fingerprint density at radius 2 is 1.77 bits per heavy atom. The van der Waals surface area contributed by atoms with Gasteiger partial charge >= 0.3 is 0 Å². The highest BCUT2D eigenvalue weighted by Gasteiger charge is 2.24. The van der Waals surface area contributed by atoms with Gasteiger partial charge in [0, 0.05) is 0 Å². The maximum absolute atomic E-state index is 11.3. The molecule has 1 N–H and O–H groups in total. The highest BCUT2D eigenvalue weighted by molar-refractivity contribution is 7.90. The molecular formula is C5H4Cl3NO2S2. The summed E-state index contributed by atoms with van der Waals surface area (Å²) in [5, 5.41) is -0.0361. The summed E-state index contributed by atoms with van der Waals surface area (Å²) >= 11 is 17.8. The fourth-order valence-corrected chi connectivity index (χ4v) is 4.24. The maximum Gasteiger partial charge on any atom is 0.244 e. The summed E-state index contributed by atoms with van der Waals surface area (Å²) < 4.78 is 25.0. The van der Waals surface area contributed by atoms with Crippen LogP contribution in [0.4, 0.5) is 0 Å². The Morgan fingerprint density at radius 1 is 1.23 bits per heavy atom. The average Bonchev–Trinajstić information content (AvgIpc) is 2.27. The number of sulfonamides is 1. The molecule has 0 amide bonds. The molecule has 0 saturated heterocycles. The second-order valence-corrected chi connectivity index (χ2v) is 6.43. The van der Waals surface area contributed by atoms with Crippen LogP contribution in [0.1, 0.15) is 0 Å². The van der Waals surface area contributed by atoms with Crippen LogP contribution in [0.2, 0.25) is 13.7 Å². The first-order valence-electron chi connectivity index (χ1n) is 2.97. The summed E-state index contributed by atoms with van der Waals surface area (Å²) in [7, 11) is -2.36. The first kappa shape index (κ1) is 11.6. The molecule has 8 heteroatoms. The predicted octanol–water partition coefficient (Wildman–Crippen LogP) is 2.62. The molecule has 0 aliphatic rings. The molecule has 74 valence electrons. The van der Waals surface area contributed by atoms with Gasteiger partial charge in [-0.3, -0.25) is 0 Å². The van der Waals surface area contributed by atoms with Gasteiger partial charge in [-0.05, 0) is 7.05 Å². The van der Waals surface area contributed by atoms with Crippen molar-refractivity contribution in [3.05, 3.63) is 13.7 Å². The summed E-state index contributed by atoms with van der Waals surface area (Å²) in [4.78, 5) is -0.159. The summed E-state index contributed by atoms with van der Waals surface area (Å²) in [5.41, 5.74) is 0. The molecule has 13 heavy (non-hydrogen) atoms. The molecule has 0 fully saturated rings. The minimum absolute atomic E-state index is 0.0361. The smallest absolute Gasteiger partial charge is 0.214 e. The number of rotatable bonds is 2. The van der Waals surface area contributed by atoms with E-state index in [2.05, 4.69) is 4.72 Å². The molecule has 0 atom stereocenters. The lowest BCUT2D eigenvalue weighted by Gasteiger charge is -1.99. The molecule has 1 aromatic heterocycles. The molecule has 3 nitrogen and oxygen atoms in total. The minimum Gasteiger partial charge on any atom is -0.214 e. The van der Waals surface area contributed by atoms with Gasteiger partial charge in [0.25, 0.3) is 0 Å². The zero-order valence-corrected chi connectivity index (χ0v) is 10.2. The highest BCUT2D eigenvalue weighted by Crippen LogP contribution is 2.42. The largest absolute Gasteiger partial charge is 0.244 e. The SMILES string of the molecule is CNS(=O)(=O)c1c(Cl)sc(Cl)c1Cl. The van der Waals surface area contributed by atoms with Crippen LogP contribution in [-0.4, -0.2) is 15.5 Å². The standard InChI is InChI=1S/C5H4Cl3NO2S2/c1-9-13(10,11)3-2(6)4(7)12-5(3)8/h9H,1H3. The van der Waals surface area contributed by atoms with Crippen molar-refractivity contribution in [2.75, 3.05) is 7.05 Å². The molecule has 1 rings (SSSR count). The third-order valence-electron chi connectivity index (χ3n) is 1.27. The van der Waals surface area contributed by atoms with Crippen molar-refractivity contribution in [1.29, 1.82) is 0 Å². The summed E-state index contributed by atoms with van der Waals surface area (Å²) in [5.74, 6) is 0. The highest BCUT2D eigenvalue weighted by atomic mass is 35.5. The molecule has 1 aromatic rings. The Morgan fingerprint density at radius 3 is 2.08 bits per heavy atom. The summed E-state index contributed by atoms with van der Waals surface area (Å²) in [6.45, 7) is 0. The molecular weight excluding hydrogens is 277 g/mol. The van der Waals surface area contributed by atoms with E-state index in [4.69, 9.17) is 34.8 Å². The van der Waals surface area contributed by atoms with Crippen molar-refractivity contribution in [3.8, 4) is 0 Å². The van der Waals surface area contributed by atoms with E-state index in [1.165, 1.54) is 7.05 Å². The average molecular weight is 281 g/mol. The van der Waals surface area contributed by atoms with Crippen LogP contribution >= 0.6 is 46.1 Å². The molecule has 0 aliphatic heterocycles. The van der Waals surface area contributed by atoms with Crippen molar-refractivity contribution in [2.24, 2.45) is 0 Å². The Kier molecular flexibility index (Phi) is 3.49. The Hall–Kier alpha value is 0.480. The van der Waals surface area contributed by atoms with Gasteiger partial charge in [0.1, 0.15) is 13.6 Å².